The number of nitrogens with zero attached hydrogens (tertiary/aromatic N) is 10. The number of aromatic nitrogens is 8. The fourth-order valence-corrected chi connectivity index (χ4v) is 8.87. The topological polar surface area (TPSA) is 273 Å². The fourth-order valence-electron chi connectivity index (χ4n) is 6.98. The molecule has 0 bridgehead atoms. The van der Waals surface area contributed by atoms with Gasteiger partial charge in [-0.1, -0.05) is 76.9 Å². The molecule has 8 heterocycles. The van der Waals surface area contributed by atoms with Crippen LogP contribution in [0.15, 0.2) is 95.2 Å². The van der Waals surface area contributed by atoms with Crippen molar-refractivity contribution in [3.63, 3.8) is 0 Å². The third-order valence-corrected chi connectivity index (χ3v) is 13.2. The highest BCUT2D eigenvalue weighted by molar-refractivity contribution is 7.90. The molecule has 6 aromatic rings. The predicted molar refractivity (Wildman–Crippen MR) is 283 cm³/mol. The standard InChI is InChI=1S/C24H29ClN6O4S.C14H16ClN3O3.C10H15N3O2S.3H2/c1-24(2,3)16-35-20-12-15-31(28-20)19-11-10-17(22(25)27-19)23(32)29-36(33,34)21-9-7-8-18(26-21)30-13-5-4-6-14-30;1-14(2,3)8-21-11-6-7-18(17-11)10-5-4-9(13(19)20)12(15)16-10;11-16(14,15)10-6-4-5-9(12-10)13-7-2-1-3-8-13;;;/h7-12,15H,4-6,13-14,16H2,1-3H3,(H,29,32);4-7H,8H2,1-3H3,(H,19,20);4-6H,1-3,7-8H2,(H2,11,14,15);3*1H. The zero-order valence-corrected chi connectivity index (χ0v) is 44.5. The number of anilines is 2. The third kappa shape index (κ3) is 16.6. The first-order valence-electron chi connectivity index (χ1n) is 23.3. The number of hydrogen-bond acceptors (Lipinski definition) is 16. The smallest absolute Gasteiger partial charge is 0.338 e. The maximum absolute atomic E-state index is 12.9. The molecule has 0 unspecified atom stereocenters. The van der Waals surface area contributed by atoms with Crippen molar-refractivity contribution in [1.29, 1.82) is 0 Å². The summed E-state index contributed by atoms with van der Waals surface area (Å²) in [5.41, 5.74) is -0.121. The second-order valence-corrected chi connectivity index (χ2v) is 23.3. The largest absolute Gasteiger partial charge is 0.478 e. The number of sulfonamides is 2. The molecule has 21 nitrogen and oxygen atoms in total. The SMILES string of the molecule is CC(C)(C)COc1ccn(-c2ccc(C(=O)NS(=O)(=O)c3cccc(N4CCCCC4)n3)c(Cl)n2)n1.CC(C)(C)COc1ccn(-c2ccc(C(=O)O)c(Cl)n2)n1.NS(=O)(=O)c1cccc(N2CCCCC2)n1.[HH].[HH].[HH]. The molecule has 1 amide bonds. The van der Waals surface area contributed by atoms with E-state index in [-0.39, 0.29) is 46.6 Å². The monoisotopic (exact) mass is 1090 g/mol. The molecule has 73 heavy (non-hydrogen) atoms. The number of amides is 1. The fraction of sp³-hybridized carbons (Fsp3) is 0.417. The van der Waals surface area contributed by atoms with Crippen LogP contribution in [-0.4, -0.2) is 113 Å². The molecule has 0 aromatic carbocycles. The van der Waals surface area contributed by atoms with E-state index in [9.17, 15) is 26.4 Å². The van der Waals surface area contributed by atoms with E-state index >= 15 is 0 Å². The average Bonchev–Trinajstić information content (AvgIpc) is 4.04. The molecule has 2 saturated heterocycles. The Morgan fingerprint density at radius 2 is 1.04 bits per heavy atom. The molecule has 0 saturated carbocycles. The maximum Gasteiger partial charge on any atom is 0.338 e. The number of carboxylic acid groups (broad SMARTS) is 1. The van der Waals surface area contributed by atoms with Crippen molar-refractivity contribution in [3.05, 3.63) is 107 Å². The molecule has 4 N–H and O–H groups in total. The number of nitrogens with two attached hydrogens (primary N) is 1. The van der Waals surface area contributed by atoms with E-state index in [1.807, 2.05) is 15.7 Å². The van der Waals surface area contributed by atoms with Crippen molar-refractivity contribution in [1.82, 2.24) is 44.2 Å². The lowest BCUT2D eigenvalue weighted by Crippen LogP contribution is -2.33. The molecule has 8 rings (SSSR count). The van der Waals surface area contributed by atoms with Gasteiger partial charge in [-0.15, -0.1) is 10.2 Å². The Morgan fingerprint density at radius 1 is 0.616 bits per heavy atom. The molecule has 0 aliphatic carbocycles. The van der Waals surface area contributed by atoms with Gasteiger partial charge in [0.25, 0.3) is 26.0 Å². The van der Waals surface area contributed by atoms with E-state index in [0.717, 1.165) is 58.3 Å². The molecule has 25 heteroatoms. The lowest BCUT2D eigenvalue weighted by molar-refractivity contribution is 0.0696. The zero-order chi connectivity index (χ0) is 53.1. The summed E-state index contributed by atoms with van der Waals surface area (Å²) < 4.78 is 64.3. The number of carbonyl (C=O) groups is 2. The molecule has 6 aromatic heterocycles. The van der Waals surface area contributed by atoms with Crippen LogP contribution in [0.4, 0.5) is 11.6 Å². The van der Waals surface area contributed by atoms with E-state index in [1.54, 1.807) is 42.7 Å². The van der Waals surface area contributed by atoms with Gasteiger partial charge >= 0.3 is 5.97 Å². The van der Waals surface area contributed by atoms with Gasteiger partial charge in [0.15, 0.2) is 21.7 Å². The van der Waals surface area contributed by atoms with Crippen LogP contribution < -0.4 is 29.1 Å². The van der Waals surface area contributed by atoms with Crippen molar-refractivity contribution in [2.24, 2.45) is 16.0 Å². The Morgan fingerprint density at radius 3 is 1.45 bits per heavy atom. The number of ether oxygens (including phenoxy) is 2. The molecular formula is C48H66Cl2N12O9S2. The number of rotatable bonds is 13. The van der Waals surface area contributed by atoms with Crippen molar-refractivity contribution in [3.8, 4) is 23.4 Å². The van der Waals surface area contributed by atoms with Gasteiger partial charge in [0, 0.05) is 55.0 Å². The number of carbonyl (C=O) groups excluding carboxylic acids is 1. The van der Waals surface area contributed by atoms with Crippen LogP contribution in [0.25, 0.3) is 11.6 Å². The Bertz CT molecular complexity index is 3110. The van der Waals surface area contributed by atoms with Gasteiger partial charge in [0.1, 0.15) is 21.9 Å². The van der Waals surface area contributed by atoms with Crippen LogP contribution in [0, 0.1) is 10.8 Å². The van der Waals surface area contributed by atoms with Crippen LogP contribution in [0.1, 0.15) is 105 Å². The van der Waals surface area contributed by atoms with E-state index in [1.165, 1.54) is 52.2 Å². The molecule has 398 valence electrons. The summed E-state index contributed by atoms with van der Waals surface area (Å²) in [6.45, 7) is 16.9. The van der Waals surface area contributed by atoms with Crippen LogP contribution in [0.3, 0.4) is 0 Å². The van der Waals surface area contributed by atoms with Crippen molar-refractivity contribution < 1.29 is 45.3 Å². The summed E-state index contributed by atoms with van der Waals surface area (Å²) in [6, 6.07) is 18.9. The molecule has 2 fully saturated rings. The summed E-state index contributed by atoms with van der Waals surface area (Å²) in [6.07, 6.45) is 10.0. The lowest BCUT2D eigenvalue weighted by Gasteiger charge is -2.27. The lowest BCUT2D eigenvalue weighted by atomic mass is 9.99. The van der Waals surface area contributed by atoms with E-state index in [4.69, 9.17) is 42.9 Å². The third-order valence-electron chi connectivity index (χ3n) is 10.6. The predicted octanol–water partition coefficient (Wildman–Crippen LogP) is 8.35. The summed E-state index contributed by atoms with van der Waals surface area (Å²) in [4.78, 5) is 44.4. The first kappa shape index (κ1) is 55.9. The summed E-state index contributed by atoms with van der Waals surface area (Å²) >= 11 is 12.1. The highest BCUT2D eigenvalue weighted by Gasteiger charge is 2.25. The Hall–Kier alpha value is -6.40. The van der Waals surface area contributed by atoms with Crippen molar-refractivity contribution in [2.45, 2.75) is 90.1 Å². The van der Waals surface area contributed by atoms with E-state index in [2.05, 4.69) is 76.6 Å². The van der Waals surface area contributed by atoms with Gasteiger partial charge in [-0.05, 0) is 97.9 Å². The van der Waals surface area contributed by atoms with Gasteiger partial charge in [-0.25, -0.2) is 52.4 Å². The zero-order valence-electron chi connectivity index (χ0n) is 41.4. The molecule has 2 aliphatic rings. The van der Waals surface area contributed by atoms with Gasteiger partial charge in [-0.2, -0.15) is 8.42 Å². The van der Waals surface area contributed by atoms with Crippen molar-refractivity contribution in [2.75, 3.05) is 49.2 Å². The number of halogens is 2. The molecule has 0 atom stereocenters. The Balaban J connectivity index is 0.000000323. The van der Waals surface area contributed by atoms with Crippen LogP contribution in [-0.2, 0) is 20.0 Å². The number of piperidine rings is 2. The number of nitrogens with one attached hydrogen (secondary N) is 1. The highest BCUT2D eigenvalue weighted by atomic mass is 35.5. The second-order valence-electron chi connectivity index (χ2n) is 19.5. The summed E-state index contributed by atoms with van der Waals surface area (Å²) in [7, 11) is -7.92. The number of aromatic carboxylic acids is 1. The number of pyridine rings is 4. The number of hydrogen-bond donors (Lipinski definition) is 3. The highest BCUT2D eigenvalue weighted by Crippen LogP contribution is 2.24. The Kier molecular flexibility index (Phi) is 18.4. The Labute approximate surface area is 439 Å². The van der Waals surface area contributed by atoms with Gasteiger partial charge < -0.3 is 24.4 Å². The average molecular weight is 1090 g/mol. The van der Waals surface area contributed by atoms with E-state index in [0.29, 0.717) is 48.2 Å². The summed E-state index contributed by atoms with van der Waals surface area (Å²) in [5, 5.41) is 22.0. The van der Waals surface area contributed by atoms with Crippen LogP contribution >= 0.6 is 23.2 Å². The molecule has 0 radical (unpaired) electrons. The van der Waals surface area contributed by atoms with Crippen LogP contribution in [0.5, 0.6) is 11.8 Å². The normalized spacial score (nSPS) is 14.3. The molecule has 0 spiro atoms. The van der Waals surface area contributed by atoms with Gasteiger partial charge in [0.2, 0.25) is 11.8 Å². The first-order valence-corrected chi connectivity index (χ1v) is 27.1. The number of primary sulfonamides is 1. The minimum Gasteiger partial charge on any atom is -0.478 e. The summed E-state index contributed by atoms with van der Waals surface area (Å²) in [5.74, 6) is 0.926. The quantitative estimate of drug-likeness (QED) is 0.0916. The van der Waals surface area contributed by atoms with Crippen LogP contribution in [0.2, 0.25) is 10.3 Å². The molecule has 2 aliphatic heterocycles. The number of carboxylic acids is 1. The second kappa shape index (κ2) is 24.1. The minimum atomic E-state index is -4.22. The van der Waals surface area contributed by atoms with E-state index < -0.39 is 31.9 Å². The first-order chi connectivity index (χ1) is 34.3. The molecular weight excluding hydrogens is 1020 g/mol. The van der Waals surface area contributed by atoms with Gasteiger partial charge in [-0.3, -0.25) is 4.79 Å². The van der Waals surface area contributed by atoms with Gasteiger partial charge in [0.05, 0.1) is 24.3 Å². The maximum atomic E-state index is 12.9. The van der Waals surface area contributed by atoms with Crippen molar-refractivity contribution >= 4 is 66.8 Å². The minimum absolute atomic E-state index is 0.